The van der Waals surface area contributed by atoms with E-state index >= 15 is 0 Å². The van der Waals surface area contributed by atoms with E-state index in [0.717, 1.165) is 27.9 Å². The summed E-state index contributed by atoms with van der Waals surface area (Å²) in [5.74, 6) is 0.187. The maximum Gasteiger partial charge on any atom is 0.134 e. The van der Waals surface area contributed by atoms with Gasteiger partial charge in [-0.25, -0.2) is 0 Å². The summed E-state index contributed by atoms with van der Waals surface area (Å²) in [5, 5.41) is 35.6. The number of nitrogen functional groups attached to an aromatic ring is 2. The van der Waals surface area contributed by atoms with Crippen molar-refractivity contribution < 1.29 is 5.11 Å². The van der Waals surface area contributed by atoms with Crippen LogP contribution in [0.2, 0.25) is 5.02 Å². The predicted octanol–water partition coefficient (Wildman–Crippen LogP) is 10.7. The molecule has 5 aromatic rings. The Morgan fingerprint density at radius 2 is 1.05 bits per heavy atom. The van der Waals surface area contributed by atoms with Crippen LogP contribution in [0.3, 0.4) is 0 Å². The first-order valence-electron chi connectivity index (χ1n) is 13.0. The summed E-state index contributed by atoms with van der Waals surface area (Å²) >= 11 is 6.25. The number of hydrogen-bond acceptors (Lipinski definition) is 9. The molecule has 0 saturated heterocycles. The highest BCUT2D eigenvalue weighted by Gasteiger charge is 2.13. The van der Waals surface area contributed by atoms with Gasteiger partial charge in [-0.1, -0.05) is 41.9 Å². The van der Waals surface area contributed by atoms with Crippen LogP contribution in [0.25, 0.3) is 11.1 Å². The van der Waals surface area contributed by atoms with Crippen LogP contribution >= 0.6 is 11.6 Å². The molecule has 10 heteroatoms. The molecule has 42 heavy (non-hydrogen) atoms. The molecule has 0 spiro atoms. The van der Waals surface area contributed by atoms with Gasteiger partial charge in [0.1, 0.15) is 22.8 Å². The summed E-state index contributed by atoms with van der Waals surface area (Å²) in [6.45, 7) is 3.79. The van der Waals surface area contributed by atoms with Gasteiger partial charge in [0.05, 0.1) is 33.5 Å². The Morgan fingerprint density at radius 3 is 1.62 bits per heavy atom. The molecule has 0 atom stereocenters. The molecule has 0 heterocycles. The molecule has 0 unspecified atom stereocenters. The van der Waals surface area contributed by atoms with Gasteiger partial charge < -0.3 is 16.6 Å². The summed E-state index contributed by atoms with van der Waals surface area (Å²) in [5.41, 5.74) is 20.4. The summed E-state index contributed by atoms with van der Waals surface area (Å²) in [7, 11) is 0. The second-order valence-corrected chi connectivity index (χ2v) is 9.96. The fourth-order valence-corrected chi connectivity index (χ4v) is 4.15. The van der Waals surface area contributed by atoms with E-state index in [-0.39, 0.29) is 11.4 Å². The van der Waals surface area contributed by atoms with E-state index in [9.17, 15) is 5.11 Å². The SMILES string of the molecule is Cc1ccc(Cl)c(/N=N/c2c(N)c(C)cc(/N=N/c3ccc(-c4ccc(/N=N/c5ccc(O)cc5)cc4)cc3)c2N)c1. The van der Waals surface area contributed by atoms with Crippen molar-refractivity contribution in [1.82, 2.24) is 0 Å². The van der Waals surface area contributed by atoms with Gasteiger partial charge in [-0.05, 0) is 103 Å². The van der Waals surface area contributed by atoms with Crippen LogP contribution in [0.5, 0.6) is 5.75 Å². The minimum absolute atomic E-state index is 0.187. The third-order valence-corrected chi connectivity index (χ3v) is 6.72. The minimum atomic E-state index is 0.187. The number of anilines is 2. The van der Waals surface area contributed by atoms with Crippen LogP contribution in [0.15, 0.2) is 128 Å². The van der Waals surface area contributed by atoms with E-state index in [4.69, 9.17) is 23.1 Å². The molecule has 208 valence electrons. The third kappa shape index (κ3) is 6.65. The predicted molar refractivity (Wildman–Crippen MR) is 169 cm³/mol. The summed E-state index contributed by atoms with van der Waals surface area (Å²) < 4.78 is 0. The molecule has 5 N–H and O–H groups in total. The lowest BCUT2D eigenvalue weighted by molar-refractivity contribution is 0.475. The van der Waals surface area contributed by atoms with E-state index < -0.39 is 0 Å². The number of phenols is 1. The largest absolute Gasteiger partial charge is 0.508 e. The molecule has 5 rings (SSSR count). The van der Waals surface area contributed by atoms with Crippen molar-refractivity contribution in [3.05, 3.63) is 113 Å². The Kier molecular flexibility index (Phi) is 8.31. The van der Waals surface area contributed by atoms with Crippen LogP contribution in [-0.4, -0.2) is 5.11 Å². The molecule has 5 aromatic carbocycles. The molecule has 0 aliphatic carbocycles. The van der Waals surface area contributed by atoms with Crippen molar-refractivity contribution in [3.63, 3.8) is 0 Å². The van der Waals surface area contributed by atoms with Gasteiger partial charge in [0.15, 0.2) is 0 Å². The van der Waals surface area contributed by atoms with Crippen LogP contribution in [0, 0.1) is 13.8 Å². The first kappa shape index (κ1) is 28.1. The maximum absolute atomic E-state index is 9.38. The summed E-state index contributed by atoms with van der Waals surface area (Å²) in [4.78, 5) is 0. The average molecular weight is 575 g/mol. The molecule has 0 aromatic heterocycles. The van der Waals surface area contributed by atoms with Gasteiger partial charge in [-0.15, -0.1) is 15.3 Å². The first-order chi connectivity index (χ1) is 20.3. The summed E-state index contributed by atoms with van der Waals surface area (Å²) in [6.07, 6.45) is 0. The average Bonchev–Trinajstić information content (AvgIpc) is 3.00. The van der Waals surface area contributed by atoms with Gasteiger partial charge in [0.2, 0.25) is 0 Å². The van der Waals surface area contributed by atoms with E-state index in [2.05, 4.69) is 30.7 Å². The minimum Gasteiger partial charge on any atom is -0.508 e. The highest BCUT2D eigenvalue weighted by molar-refractivity contribution is 6.33. The van der Waals surface area contributed by atoms with E-state index in [1.165, 1.54) is 0 Å². The number of azo groups is 3. The highest BCUT2D eigenvalue weighted by Crippen LogP contribution is 2.41. The molecule has 9 nitrogen and oxygen atoms in total. The van der Waals surface area contributed by atoms with E-state index in [0.29, 0.717) is 39.1 Å². The van der Waals surface area contributed by atoms with Crippen molar-refractivity contribution in [1.29, 1.82) is 0 Å². The first-order valence-corrected chi connectivity index (χ1v) is 13.3. The normalized spacial score (nSPS) is 11.7. The molecular formula is C32H27ClN8O. The van der Waals surface area contributed by atoms with Crippen LogP contribution < -0.4 is 11.5 Å². The molecule has 0 amide bonds. The van der Waals surface area contributed by atoms with Crippen molar-refractivity contribution in [3.8, 4) is 16.9 Å². The van der Waals surface area contributed by atoms with Crippen LogP contribution in [0.1, 0.15) is 11.1 Å². The number of phenolic OH excluding ortho intramolecular Hbond substituents is 1. The Morgan fingerprint density at radius 1 is 0.548 bits per heavy atom. The van der Waals surface area contributed by atoms with Gasteiger partial charge in [-0.2, -0.15) is 15.3 Å². The van der Waals surface area contributed by atoms with Crippen LogP contribution in [-0.2, 0) is 0 Å². The smallest absolute Gasteiger partial charge is 0.134 e. The number of nitrogens with zero attached hydrogens (tertiary/aromatic N) is 6. The molecule has 0 saturated carbocycles. The molecule has 0 aliphatic rings. The number of aromatic hydroxyl groups is 1. The molecule has 0 bridgehead atoms. The fraction of sp³-hybridized carbons (Fsp3) is 0.0625. The maximum atomic E-state index is 9.38. The standard InChI is InChI=1S/C32H27ClN8O/c1-19-3-16-27(33)28(17-19)39-41-32-30(34)20(2)18-29(31(32)35)40-38-24-10-6-22(7-11-24)21-4-8-23(9-5-21)36-37-25-12-14-26(42)15-13-25/h3-18,42H,34-35H2,1-2H3/b37-36+,40-38+,41-39+. The quantitative estimate of drug-likeness (QED) is 0.131. The van der Waals surface area contributed by atoms with Gasteiger partial charge in [-0.3, -0.25) is 0 Å². The zero-order valence-electron chi connectivity index (χ0n) is 22.9. The van der Waals surface area contributed by atoms with Crippen molar-refractivity contribution in [2.24, 2.45) is 30.7 Å². The zero-order chi connectivity index (χ0) is 29.6. The van der Waals surface area contributed by atoms with Crippen molar-refractivity contribution in [2.45, 2.75) is 13.8 Å². The number of nitrogens with two attached hydrogens (primary N) is 2. The van der Waals surface area contributed by atoms with Crippen molar-refractivity contribution >= 4 is 57.1 Å². The number of benzene rings is 5. The number of aryl methyl sites for hydroxylation is 2. The lowest BCUT2D eigenvalue weighted by Crippen LogP contribution is -1.95. The Bertz CT molecular complexity index is 1810. The van der Waals surface area contributed by atoms with Gasteiger partial charge >= 0.3 is 0 Å². The molecule has 0 aliphatic heterocycles. The Balaban J connectivity index is 1.31. The van der Waals surface area contributed by atoms with Gasteiger partial charge in [0.25, 0.3) is 0 Å². The van der Waals surface area contributed by atoms with Crippen molar-refractivity contribution in [2.75, 3.05) is 11.5 Å². The monoisotopic (exact) mass is 574 g/mol. The lowest BCUT2D eigenvalue weighted by atomic mass is 10.1. The van der Waals surface area contributed by atoms with Crippen LogP contribution in [0.4, 0.5) is 45.5 Å². The number of rotatable bonds is 7. The Hall–Kier alpha value is -5.41. The van der Waals surface area contributed by atoms with E-state index in [1.54, 1.807) is 36.4 Å². The topological polar surface area (TPSA) is 146 Å². The molecule has 0 radical (unpaired) electrons. The second-order valence-electron chi connectivity index (χ2n) is 9.55. The number of hydrogen-bond donors (Lipinski definition) is 3. The molecule has 0 fully saturated rings. The van der Waals surface area contributed by atoms with E-state index in [1.807, 2.05) is 74.5 Å². The fourth-order valence-electron chi connectivity index (χ4n) is 3.99. The number of halogens is 1. The third-order valence-electron chi connectivity index (χ3n) is 6.40. The van der Waals surface area contributed by atoms with Gasteiger partial charge in [0, 0.05) is 0 Å². The summed E-state index contributed by atoms with van der Waals surface area (Å²) in [6, 6.07) is 29.2. The molecular weight excluding hydrogens is 548 g/mol. The highest BCUT2D eigenvalue weighted by atomic mass is 35.5. The lowest BCUT2D eigenvalue weighted by Gasteiger charge is -2.09. The second kappa shape index (κ2) is 12.4. The Labute approximate surface area is 248 Å². The zero-order valence-corrected chi connectivity index (χ0v) is 23.7.